The van der Waals surface area contributed by atoms with Gasteiger partial charge in [0.05, 0.1) is 45.2 Å². The number of ether oxygens (including phenoxy) is 5. The van der Waals surface area contributed by atoms with Crippen LogP contribution in [0.5, 0.6) is 0 Å². The maximum atomic E-state index is 14.9. The minimum atomic E-state index is -4.51. The second-order valence-corrected chi connectivity index (χ2v) is 15.5. The van der Waals surface area contributed by atoms with Crippen molar-refractivity contribution in [3.05, 3.63) is 215 Å². The lowest BCUT2D eigenvalue weighted by Gasteiger charge is -2.45. The van der Waals surface area contributed by atoms with Gasteiger partial charge in [-0.2, -0.15) is 0 Å². The Bertz CT molecular complexity index is 2120. The molecular formula is C48H47O10P. The smallest absolute Gasteiger partial charge is 0.450 e. The van der Waals surface area contributed by atoms with E-state index in [0.717, 1.165) is 27.8 Å². The van der Waals surface area contributed by atoms with Crippen LogP contribution in [0, 0.1) is 0 Å². The van der Waals surface area contributed by atoms with Crippen LogP contribution in [0.4, 0.5) is 0 Å². The first-order valence-electron chi connectivity index (χ1n) is 19.5. The Kier molecular flexibility index (Phi) is 15.4. The van der Waals surface area contributed by atoms with Crippen LogP contribution in [0.3, 0.4) is 0 Å². The summed E-state index contributed by atoms with van der Waals surface area (Å²) < 4.78 is 66.1. The van der Waals surface area contributed by atoms with E-state index in [4.69, 9.17) is 37.3 Å². The second kappa shape index (κ2) is 21.7. The number of phosphoric acid groups is 1. The van der Waals surface area contributed by atoms with Gasteiger partial charge >= 0.3 is 13.8 Å². The lowest BCUT2D eigenvalue weighted by Crippen LogP contribution is -2.62. The Hall–Kier alpha value is -5.26. The van der Waals surface area contributed by atoms with Gasteiger partial charge in [0.25, 0.3) is 0 Å². The average molecular weight is 815 g/mol. The van der Waals surface area contributed by atoms with Crippen LogP contribution in [-0.2, 0) is 74.9 Å². The summed E-state index contributed by atoms with van der Waals surface area (Å²) in [5, 5.41) is 0. The molecule has 0 N–H and O–H groups in total. The van der Waals surface area contributed by atoms with Crippen LogP contribution in [0.2, 0.25) is 0 Å². The van der Waals surface area contributed by atoms with Gasteiger partial charge in [0.1, 0.15) is 18.3 Å². The van der Waals surface area contributed by atoms with Gasteiger partial charge in [-0.3, -0.25) is 13.6 Å². The summed E-state index contributed by atoms with van der Waals surface area (Å²) in [5.41, 5.74) is 4.49. The first-order chi connectivity index (χ1) is 29.0. The van der Waals surface area contributed by atoms with Crippen LogP contribution in [0.15, 0.2) is 182 Å². The Balaban J connectivity index is 1.25. The zero-order chi connectivity index (χ0) is 40.5. The predicted octanol–water partition coefficient (Wildman–Crippen LogP) is 9.88. The number of esters is 1. The van der Waals surface area contributed by atoms with Crippen molar-refractivity contribution < 1.29 is 46.6 Å². The summed E-state index contributed by atoms with van der Waals surface area (Å²) >= 11 is 0. The fourth-order valence-corrected chi connectivity index (χ4v) is 7.70. The molecule has 304 valence electrons. The SMILES string of the molecule is O=C(O[C@H]1[C@H](OP(=O)(OCc2ccccc2)OCc2ccccc2)O[C@H](COCc2ccccc2)[C@@H](OCc2ccccc2)[C@@H]1OCc1ccccc1)c1ccccc1. The van der Waals surface area contributed by atoms with Crippen LogP contribution >= 0.6 is 7.82 Å². The van der Waals surface area contributed by atoms with Gasteiger partial charge in [0, 0.05) is 0 Å². The number of benzene rings is 6. The summed E-state index contributed by atoms with van der Waals surface area (Å²) in [4.78, 5) is 14.0. The molecule has 0 unspecified atom stereocenters. The molecule has 0 aliphatic carbocycles. The molecule has 0 radical (unpaired) electrons. The maximum absolute atomic E-state index is 14.9. The Morgan fingerprint density at radius 1 is 0.475 bits per heavy atom. The number of phosphoric ester groups is 1. The first kappa shape index (κ1) is 41.9. The molecule has 0 saturated carbocycles. The number of carbonyl (C=O) groups is 1. The molecule has 6 aromatic rings. The highest BCUT2D eigenvalue weighted by molar-refractivity contribution is 7.48. The van der Waals surface area contributed by atoms with Gasteiger partial charge in [-0.15, -0.1) is 0 Å². The molecule has 1 heterocycles. The molecule has 5 atom stereocenters. The molecule has 7 rings (SSSR count). The number of rotatable bonds is 20. The van der Waals surface area contributed by atoms with Crippen LogP contribution in [-0.4, -0.2) is 43.3 Å². The quantitative estimate of drug-likeness (QED) is 0.0546. The molecule has 59 heavy (non-hydrogen) atoms. The average Bonchev–Trinajstić information content (AvgIpc) is 3.29. The lowest BCUT2D eigenvalue weighted by atomic mass is 9.98. The molecule has 0 bridgehead atoms. The van der Waals surface area contributed by atoms with Gasteiger partial charge in [0.15, 0.2) is 6.10 Å². The van der Waals surface area contributed by atoms with Crippen molar-refractivity contribution in [1.82, 2.24) is 0 Å². The van der Waals surface area contributed by atoms with E-state index in [-0.39, 0.29) is 45.2 Å². The largest absolute Gasteiger partial charge is 0.477 e. The van der Waals surface area contributed by atoms with Gasteiger partial charge in [-0.1, -0.05) is 170 Å². The summed E-state index contributed by atoms with van der Waals surface area (Å²) in [6, 6.07) is 56.1. The van der Waals surface area contributed by atoms with Crippen molar-refractivity contribution in [3.63, 3.8) is 0 Å². The molecule has 0 aromatic heterocycles. The number of hydrogen-bond donors (Lipinski definition) is 0. The normalized spacial score (nSPS) is 19.2. The lowest BCUT2D eigenvalue weighted by molar-refractivity contribution is -0.302. The predicted molar refractivity (Wildman–Crippen MR) is 222 cm³/mol. The third-order valence-corrected chi connectivity index (χ3v) is 10.9. The van der Waals surface area contributed by atoms with Crippen LogP contribution < -0.4 is 0 Å². The minimum Gasteiger partial charge on any atom is -0.450 e. The third-order valence-electron chi connectivity index (χ3n) is 9.51. The van der Waals surface area contributed by atoms with Crippen molar-refractivity contribution in [1.29, 1.82) is 0 Å². The van der Waals surface area contributed by atoms with Crippen LogP contribution in [0.1, 0.15) is 38.2 Å². The molecule has 6 aromatic carbocycles. The van der Waals surface area contributed by atoms with E-state index in [9.17, 15) is 9.36 Å². The van der Waals surface area contributed by atoms with Crippen LogP contribution in [0.25, 0.3) is 0 Å². The monoisotopic (exact) mass is 814 g/mol. The zero-order valence-electron chi connectivity index (χ0n) is 32.5. The van der Waals surface area contributed by atoms with Gasteiger partial charge in [0.2, 0.25) is 6.29 Å². The van der Waals surface area contributed by atoms with Crippen molar-refractivity contribution in [2.75, 3.05) is 6.61 Å². The highest BCUT2D eigenvalue weighted by Crippen LogP contribution is 2.54. The van der Waals surface area contributed by atoms with Gasteiger partial charge < -0.3 is 23.7 Å². The van der Waals surface area contributed by atoms with Gasteiger partial charge in [-0.25, -0.2) is 9.36 Å². The molecular weight excluding hydrogens is 767 g/mol. The Labute approximate surface area is 345 Å². The molecule has 10 nitrogen and oxygen atoms in total. The van der Waals surface area contributed by atoms with E-state index in [1.807, 2.05) is 152 Å². The zero-order valence-corrected chi connectivity index (χ0v) is 33.4. The minimum absolute atomic E-state index is 0.0127. The molecule has 0 spiro atoms. The molecule has 1 aliphatic heterocycles. The van der Waals surface area contributed by atoms with Crippen molar-refractivity contribution in [3.8, 4) is 0 Å². The van der Waals surface area contributed by atoms with E-state index in [1.54, 1.807) is 30.3 Å². The standard InChI is InChI=1S/C48H47O10P/c49-47(42-29-17-6-18-30-42)57-46-45(53-33-39-23-11-3-12-24-39)44(52-32-38-21-9-2-10-22-38)43(36-51-31-37-19-7-1-8-20-37)56-48(46)58-59(50,54-34-40-25-13-4-14-26-40)55-35-41-27-15-5-16-28-41/h1-30,43-46,48H,31-36H2/t43-,44-,45+,46-,48+/m1/s1. The second-order valence-electron chi connectivity index (χ2n) is 13.9. The highest BCUT2D eigenvalue weighted by atomic mass is 31.2. The number of hydrogen-bond acceptors (Lipinski definition) is 10. The first-order valence-corrected chi connectivity index (χ1v) is 21.0. The highest BCUT2D eigenvalue weighted by Gasteiger charge is 2.53. The van der Waals surface area contributed by atoms with E-state index in [0.29, 0.717) is 0 Å². The fourth-order valence-electron chi connectivity index (χ4n) is 6.46. The van der Waals surface area contributed by atoms with E-state index >= 15 is 0 Å². The molecule has 1 aliphatic rings. The van der Waals surface area contributed by atoms with Gasteiger partial charge in [-0.05, 0) is 39.9 Å². The summed E-state index contributed by atoms with van der Waals surface area (Å²) in [5.74, 6) is -0.674. The Morgan fingerprint density at radius 3 is 1.32 bits per heavy atom. The Morgan fingerprint density at radius 2 is 0.864 bits per heavy atom. The molecule has 1 fully saturated rings. The summed E-state index contributed by atoms with van der Waals surface area (Å²) in [7, 11) is -4.51. The summed E-state index contributed by atoms with van der Waals surface area (Å²) in [6.45, 7) is 0.381. The molecule has 0 amide bonds. The summed E-state index contributed by atoms with van der Waals surface area (Å²) in [6.07, 6.45) is -5.67. The fraction of sp³-hybridized carbons (Fsp3) is 0.229. The third kappa shape index (κ3) is 12.6. The molecule has 11 heteroatoms. The molecule has 1 saturated heterocycles. The van der Waals surface area contributed by atoms with E-state index in [2.05, 4.69) is 0 Å². The topological polar surface area (TPSA) is 108 Å². The van der Waals surface area contributed by atoms with Crippen molar-refractivity contribution in [2.24, 2.45) is 0 Å². The number of carbonyl (C=O) groups excluding carboxylic acids is 1. The van der Waals surface area contributed by atoms with Crippen molar-refractivity contribution in [2.45, 2.75) is 63.7 Å². The van der Waals surface area contributed by atoms with Crippen molar-refractivity contribution >= 4 is 13.8 Å². The van der Waals surface area contributed by atoms with E-state index < -0.39 is 44.5 Å². The maximum Gasteiger partial charge on any atom is 0.477 e. The van der Waals surface area contributed by atoms with E-state index in [1.165, 1.54) is 0 Å².